The number of pyridine rings is 1. The molecule has 1 aromatic carbocycles. The Morgan fingerprint density at radius 1 is 1.10 bits per heavy atom. The fourth-order valence-corrected chi connectivity index (χ4v) is 3.00. The molecule has 0 spiro atoms. The number of nitrogens with one attached hydrogen (secondary N) is 2. The van der Waals surface area contributed by atoms with Gasteiger partial charge in [-0.25, -0.2) is 13.8 Å². The third-order valence-electron chi connectivity index (χ3n) is 4.41. The van der Waals surface area contributed by atoms with E-state index in [0.29, 0.717) is 18.7 Å². The maximum absolute atomic E-state index is 13.3. The summed E-state index contributed by atoms with van der Waals surface area (Å²) in [5.74, 6) is -2.29. The zero-order valence-electron chi connectivity index (χ0n) is 17.7. The first-order valence-corrected chi connectivity index (χ1v) is 9.88. The molecule has 1 atom stereocenters. The van der Waals surface area contributed by atoms with Crippen LogP contribution in [0.2, 0.25) is 0 Å². The minimum Gasteiger partial charge on any atom is -0.344 e. The first kappa shape index (κ1) is 23.9. The summed E-state index contributed by atoms with van der Waals surface area (Å²) in [6.07, 6.45) is 3.79. The quantitative estimate of drug-likeness (QED) is 0.593. The van der Waals surface area contributed by atoms with Crippen LogP contribution < -0.4 is 10.6 Å². The highest BCUT2D eigenvalue weighted by molar-refractivity contribution is 5.97. The molecule has 0 aliphatic carbocycles. The molecule has 8 heteroatoms. The molecule has 2 N–H and O–H groups in total. The number of rotatable bonds is 9. The van der Waals surface area contributed by atoms with Gasteiger partial charge in [0, 0.05) is 12.3 Å². The Labute approximate surface area is 179 Å². The highest BCUT2D eigenvalue weighted by atomic mass is 19.1. The maximum atomic E-state index is 13.3. The molecule has 0 saturated carbocycles. The van der Waals surface area contributed by atoms with Gasteiger partial charge in [0.1, 0.15) is 23.5 Å². The van der Waals surface area contributed by atoms with Crippen LogP contribution in [0.3, 0.4) is 0 Å². The van der Waals surface area contributed by atoms with Gasteiger partial charge in [-0.1, -0.05) is 13.3 Å². The van der Waals surface area contributed by atoms with Gasteiger partial charge in [0.25, 0.3) is 0 Å². The number of hydrogen-bond acceptors (Lipinski definition) is 4. The number of amides is 2. The summed E-state index contributed by atoms with van der Waals surface area (Å²) in [6.45, 7) is 5.11. The second-order valence-electron chi connectivity index (χ2n) is 7.22. The largest absolute Gasteiger partial charge is 0.344 e. The van der Waals surface area contributed by atoms with Gasteiger partial charge in [0.15, 0.2) is 5.78 Å². The first-order chi connectivity index (χ1) is 14.7. The van der Waals surface area contributed by atoms with Crippen molar-refractivity contribution in [3.63, 3.8) is 0 Å². The van der Waals surface area contributed by atoms with Crippen molar-refractivity contribution < 1.29 is 23.2 Å². The number of benzene rings is 1. The second-order valence-corrected chi connectivity index (χ2v) is 7.22. The van der Waals surface area contributed by atoms with Crippen LogP contribution in [0.25, 0.3) is 5.57 Å². The van der Waals surface area contributed by atoms with E-state index < -0.39 is 29.5 Å². The Morgan fingerprint density at radius 3 is 2.32 bits per heavy atom. The number of carbonyl (C=O) groups excluding carboxylic acids is 3. The van der Waals surface area contributed by atoms with Gasteiger partial charge in [0.05, 0.1) is 6.42 Å². The predicted molar refractivity (Wildman–Crippen MR) is 114 cm³/mol. The van der Waals surface area contributed by atoms with Gasteiger partial charge < -0.3 is 10.6 Å². The second kappa shape index (κ2) is 11.1. The number of halogens is 2. The zero-order chi connectivity index (χ0) is 23.0. The molecule has 1 aromatic heterocycles. The van der Waals surface area contributed by atoms with E-state index in [-0.39, 0.29) is 17.8 Å². The Hall–Kier alpha value is -3.42. The molecule has 164 valence electrons. The van der Waals surface area contributed by atoms with Crippen molar-refractivity contribution in [1.29, 1.82) is 0 Å². The lowest BCUT2D eigenvalue weighted by atomic mass is 10.1. The third kappa shape index (κ3) is 7.73. The standard InChI is InChI=1S/C23H25F2N3O3/c1-4-5-20(27-22(30)11-16-9-18(24)12-19(25)10-16)23(31)28-21-7-6-17(13-26-21)14(2)8-15(3)29/h6-10,12-13,20H,4-5,11H2,1-3H3,(H,27,30)(H,26,28,31). The molecular weight excluding hydrogens is 404 g/mol. The van der Waals surface area contributed by atoms with Crippen molar-refractivity contribution in [2.45, 2.75) is 46.1 Å². The lowest BCUT2D eigenvalue weighted by molar-refractivity contribution is -0.126. The van der Waals surface area contributed by atoms with Gasteiger partial charge in [-0.3, -0.25) is 14.4 Å². The summed E-state index contributed by atoms with van der Waals surface area (Å²) in [4.78, 5) is 40.3. The molecule has 1 unspecified atom stereocenters. The Morgan fingerprint density at radius 2 is 1.77 bits per heavy atom. The zero-order valence-corrected chi connectivity index (χ0v) is 17.7. The summed E-state index contributed by atoms with van der Waals surface area (Å²) < 4.78 is 26.6. The average molecular weight is 429 g/mol. The minimum absolute atomic E-state index is 0.0750. The van der Waals surface area contributed by atoms with Crippen molar-refractivity contribution >= 4 is 29.0 Å². The van der Waals surface area contributed by atoms with Crippen LogP contribution in [0.4, 0.5) is 14.6 Å². The van der Waals surface area contributed by atoms with Gasteiger partial charge in [-0.05, 0) is 67.3 Å². The molecule has 2 amide bonds. The van der Waals surface area contributed by atoms with Crippen LogP contribution in [-0.2, 0) is 20.8 Å². The summed E-state index contributed by atoms with van der Waals surface area (Å²) in [5, 5.41) is 5.26. The lowest BCUT2D eigenvalue weighted by Crippen LogP contribution is -2.44. The molecule has 0 radical (unpaired) electrons. The Kier molecular flexibility index (Phi) is 8.54. The van der Waals surface area contributed by atoms with Gasteiger partial charge >= 0.3 is 0 Å². The van der Waals surface area contributed by atoms with Crippen molar-refractivity contribution in [1.82, 2.24) is 10.3 Å². The van der Waals surface area contributed by atoms with Crippen molar-refractivity contribution in [3.05, 3.63) is 65.4 Å². The Balaban J connectivity index is 2.02. The highest BCUT2D eigenvalue weighted by Crippen LogP contribution is 2.15. The van der Waals surface area contributed by atoms with E-state index in [1.165, 1.54) is 19.2 Å². The molecule has 0 fully saturated rings. The molecule has 2 rings (SSSR count). The van der Waals surface area contributed by atoms with E-state index in [0.717, 1.165) is 29.3 Å². The molecular formula is C23H25F2N3O3. The lowest BCUT2D eigenvalue weighted by Gasteiger charge is -2.18. The van der Waals surface area contributed by atoms with Crippen LogP contribution in [0.5, 0.6) is 0 Å². The van der Waals surface area contributed by atoms with E-state index in [1.54, 1.807) is 19.1 Å². The number of ketones is 1. The van der Waals surface area contributed by atoms with Gasteiger partial charge in [-0.15, -0.1) is 0 Å². The molecule has 31 heavy (non-hydrogen) atoms. The number of carbonyl (C=O) groups is 3. The molecule has 0 aliphatic heterocycles. The number of aromatic nitrogens is 1. The normalized spacial score (nSPS) is 12.2. The minimum atomic E-state index is -0.822. The van der Waals surface area contributed by atoms with Crippen LogP contribution in [0.15, 0.2) is 42.6 Å². The number of allylic oxidation sites excluding steroid dienone is 2. The van der Waals surface area contributed by atoms with E-state index in [2.05, 4.69) is 15.6 Å². The molecule has 0 saturated heterocycles. The summed E-state index contributed by atoms with van der Waals surface area (Å²) >= 11 is 0. The molecule has 0 aliphatic rings. The number of nitrogens with zero attached hydrogens (tertiary/aromatic N) is 1. The van der Waals surface area contributed by atoms with Crippen LogP contribution in [0.1, 0.15) is 44.7 Å². The van der Waals surface area contributed by atoms with Gasteiger partial charge in [-0.2, -0.15) is 0 Å². The van der Waals surface area contributed by atoms with E-state index in [1.807, 2.05) is 6.92 Å². The SMILES string of the molecule is CCCC(NC(=O)Cc1cc(F)cc(F)c1)C(=O)Nc1ccc(C(C)=CC(C)=O)cn1. The topological polar surface area (TPSA) is 88.2 Å². The smallest absolute Gasteiger partial charge is 0.248 e. The summed E-state index contributed by atoms with van der Waals surface area (Å²) in [5.41, 5.74) is 1.67. The fourth-order valence-electron chi connectivity index (χ4n) is 3.00. The number of hydrogen-bond donors (Lipinski definition) is 2. The molecule has 1 heterocycles. The number of anilines is 1. The first-order valence-electron chi connectivity index (χ1n) is 9.88. The Bertz CT molecular complexity index is 968. The van der Waals surface area contributed by atoms with Crippen molar-refractivity contribution in [2.24, 2.45) is 0 Å². The van der Waals surface area contributed by atoms with Crippen LogP contribution in [-0.4, -0.2) is 28.6 Å². The van der Waals surface area contributed by atoms with E-state index in [9.17, 15) is 23.2 Å². The highest BCUT2D eigenvalue weighted by Gasteiger charge is 2.21. The third-order valence-corrected chi connectivity index (χ3v) is 4.41. The summed E-state index contributed by atoms with van der Waals surface area (Å²) in [6, 6.07) is 5.38. The van der Waals surface area contributed by atoms with E-state index >= 15 is 0 Å². The summed E-state index contributed by atoms with van der Waals surface area (Å²) in [7, 11) is 0. The van der Waals surface area contributed by atoms with Crippen LogP contribution >= 0.6 is 0 Å². The monoisotopic (exact) mass is 429 g/mol. The fraction of sp³-hybridized carbons (Fsp3) is 0.304. The average Bonchev–Trinajstić information content (AvgIpc) is 2.66. The van der Waals surface area contributed by atoms with Crippen molar-refractivity contribution in [2.75, 3.05) is 5.32 Å². The van der Waals surface area contributed by atoms with Crippen molar-refractivity contribution in [3.8, 4) is 0 Å². The predicted octanol–water partition coefficient (Wildman–Crippen LogP) is 3.82. The maximum Gasteiger partial charge on any atom is 0.248 e. The molecule has 6 nitrogen and oxygen atoms in total. The molecule has 0 bridgehead atoms. The van der Waals surface area contributed by atoms with Gasteiger partial charge in [0.2, 0.25) is 11.8 Å². The molecule has 2 aromatic rings. The van der Waals surface area contributed by atoms with E-state index in [4.69, 9.17) is 0 Å². The van der Waals surface area contributed by atoms with Crippen LogP contribution in [0, 0.1) is 11.6 Å².